The van der Waals surface area contributed by atoms with Crippen molar-refractivity contribution in [3.05, 3.63) is 11.8 Å². The lowest BCUT2D eigenvalue weighted by atomic mass is 10.4. The summed E-state index contributed by atoms with van der Waals surface area (Å²) in [5, 5.41) is 0.770. The van der Waals surface area contributed by atoms with Gasteiger partial charge in [0.25, 0.3) is 0 Å². The van der Waals surface area contributed by atoms with Crippen LogP contribution in [0, 0.1) is 0 Å². The molecule has 0 amide bonds. The first-order chi connectivity index (χ1) is 6.17. The van der Waals surface area contributed by atoms with Gasteiger partial charge in [0.1, 0.15) is 5.82 Å². The number of rotatable bonds is 3. The molecule has 5 heteroatoms. The van der Waals surface area contributed by atoms with Crippen molar-refractivity contribution in [3.63, 3.8) is 0 Å². The molecule has 0 aliphatic heterocycles. The topological polar surface area (TPSA) is 55.0 Å². The summed E-state index contributed by atoms with van der Waals surface area (Å²) < 4.78 is 0. The maximum Gasteiger partial charge on any atom is 0.189 e. The third-order valence-corrected chi connectivity index (χ3v) is 2.14. The Labute approximate surface area is 82.6 Å². The van der Waals surface area contributed by atoms with Gasteiger partial charge < -0.3 is 10.6 Å². The van der Waals surface area contributed by atoms with E-state index >= 15 is 0 Å². The summed E-state index contributed by atoms with van der Waals surface area (Å²) in [5.74, 6) is 0.903. The van der Waals surface area contributed by atoms with Gasteiger partial charge in [-0.1, -0.05) is 11.8 Å². The fraction of sp³-hybridized carbons (Fsp3) is 0.500. The lowest BCUT2D eigenvalue weighted by molar-refractivity contribution is 0.860. The number of hydrogen-bond acceptors (Lipinski definition) is 5. The van der Waals surface area contributed by atoms with Crippen molar-refractivity contribution in [1.82, 2.24) is 9.97 Å². The third-order valence-electron chi connectivity index (χ3n) is 1.60. The van der Waals surface area contributed by atoms with Gasteiger partial charge in [-0.05, 0) is 6.26 Å². The average molecular weight is 198 g/mol. The number of anilines is 1. The van der Waals surface area contributed by atoms with Crippen molar-refractivity contribution < 1.29 is 0 Å². The van der Waals surface area contributed by atoms with Gasteiger partial charge in [-0.15, -0.1) is 0 Å². The molecule has 0 aliphatic rings. The van der Waals surface area contributed by atoms with Gasteiger partial charge in [0.05, 0.1) is 5.69 Å². The summed E-state index contributed by atoms with van der Waals surface area (Å²) in [6.07, 6.45) is 1.95. The largest absolute Gasteiger partial charge is 0.363 e. The van der Waals surface area contributed by atoms with Crippen LogP contribution in [0.25, 0.3) is 0 Å². The molecule has 0 saturated heterocycles. The molecule has 13 heavy (non-hydrogen) atoms. The normalized spacial score (nSPS) is 10.2. The van der Waals surface area contributed by atoms with Crippen molar-refractivity contribution in [3.8, 4) is 0 Å². The summed E-state index contributed by atoms with van der Waals surface area (Å²) >= 11 is 1.53. The summed E-state index contributed by atoms with van der Waals surface area (Å²) in [6.45, 7) is 0.455. The molecule has 0 spiro atoms. The predicted octanol–water partition coefficient (Wildman–Crippen LogP) is 0.723. The Morgan fingerprint density at radius 2 is 2.15 bits per heavy atom. The standard InChI is InChI=1S/C8H14N4S/c1-12(2)7-4-6(5-9)10-8(11-7)13-3/h4H,5,9H2,1-3H3. The van der Waals surface area contributed by atoms with Crippen LogP contribution in [0.1, 0.15) is 5.69 Å². The Balaban J connectivity index is 3.07. The molecule has 0 fully saturated rings. The molecule has 0 aliphatic carbocycles. The smallest absolute Gasteiger partial charge is 0.189 e. The molecule has 0 saturated carbocycles. The van der Waals surface area contributed by atoms with Gasteiger partial charge in [-0.3, -0.25) is 0 Å². The SMILES string of the molecule is CSc1nc(CN)cc(N(C)C)n1. The highest BCUT2D eigenvalue weighted by Crippen LogP contribution is 2.15. The molecule has 1 heterocycles. The summed E-state index contributed by atoms with van der Waals surface area (Å²) in [5.41, 5.74) is 6.40. The van der Waals surface area contributed by atoms with E-state index in [0.717, 1.165) is 16.7 Å². The van der Waals surface area contributed by atoms with Crippen LogP contribution < -0.4 is 10.6 Å². The predicted molar refractivity (Wildman–Crippen MR) is 56.0 cm³/mol. The lowest BCUT2D eigenvalue weighted by Gasteiger charge is -2.12. The first kappa shape index (κ1) is 10.3. The molecule has 72 valence electrons. The van der Waals surface area contributed by atoms with Gasteiger partial charge in [0.2, 0.25) is 0 Å². The molecule has 1 aromatic rings. The zero-order valence-electron chi connectivity index (χ0n) is 8.11. The van der Waals surface area contributed by atoms with Crippen molar-refractivity contribution >= 4 is 17.6 Å². The van der Waals surface area contributed by atoms with Crippen LogP contribution >= 0.6 is 11.8 Å². The maximum absolute atomic E-state index is 5.52. The zero-order chi connectivity index (χ0) is 9.84. The Bertz CT molecular complexity index is 265. The Hall–Kier alpha value is -0.810. The Morgan fingerprint density at radius 3 is 2.62 bits per heavy atom. The van der Waals surface area contributed by atoms with E-state index in [4.69, 9.17) is 5.73 Å². The van der Waals surface area contributed by atoms with Crippen molar-refractivity contribution in [2.45, 2.75) is 11.7 Å². The third kappa shape index (κ3) is 2.57. The number of nitrogens with zero attached hydrogens (tertiary/aromatic N) is 3. The zero-order valence-corrected chi connectivity index (χ0v) is 8.93. The fourth-order valence-corrected chi connectivity index (χ4v) is 1.28. The number of hydrogen-bond donors (Lipinski definition) is 1. The lowest BCUT2D eigenvalue weighted by Crippen LogP contribution is -2.13. The summed E-state index contributed by atoms with van der Waals surface area (Å²) in [4.78, 5) is 10.5. The van der Waals surface area contributed by atoms with Crippen LogP contribution in [0.2, 0.25) is 0 Å². The molecule has 0 radical (unpaired) electrons. The monoisotopic (exact) mass is 198 g/mol. The summed E-state index contributed by atoms with van der Waals surface area (Å²) in [7, 11) is 3.90. The highest BCUT2D eigenvalue weighted by Gasteiger charge is 2.03. The van der Waals surface area contributed by atoms with E-state index in [0.29, 0.717) is 6.54 Å². The van der Waals surface area contributed by atoms with Crippen molar-refractivity contribution in [2.24, 2.45) is 5.73 Å². The molecule has 0 aromatic carbocycles. The van der Waals surface area contributed by atoms with E-state index in [1.807, 2.05) is 31.3 Å². The number of thioether (sulfide) groups is 1. The van der Waals surface area contributed by atoms with Crippen LogP contribution in [0.3, 0.4) is 0 Å². The molecule has 0 unspecified atom stereocenters. The quantitative estimate of drug-likeness (QED) is 0.573. The van der Waals surface area contributed by atoms with Crippen LogP contribution in [0.15, 0.2) is 11.2 Å². The minimum Gasteiger partial charge on any atom is -0.363 e. The summed E-state index contributed by atoms with van der Waals surface area (Å²) in [6, 6.07) is 1.90. The highest BCUT2D eigenvalue weighted by molar-refractivity contribution is 7.98. The Kier molecular flexibility index (Phi) is 3.50. The van der Waals surface area contributed by atoms with E-state index in [1.54, 1.807) is 0 Å². The second-order valence-electron chi connectivity index (χ2n) is 2.80. The van der Waals surface area contributed by atoms with E-state index in [9.17, 15) is 0 Å². The first-order valence-electron chi connectivity index (χ1n) is 3.96. The minimum absolute atomic E-state index is 0.455. The fourth-order valence-electron chi connectivity index (χ4n) is 0.884. The highest BCUT2D eigenvalue weighted by atomic mass is 32.2. The molecular formula is C8H14N4S. The van der Waals surface area contributed by atoms with Crippen LogP contribution in [0.5, 0.6) is 0 Å². The van der Waals surface area contributed by atoms with Gasteiger partial charge in [0, 0.05) is 26.7 Å². The molecule has 1 rings (SSSR count). The van der Waals surface area contributed by atoms with Crippen LogP contribution in [0.4, 0.5) is 5.82 Å². The molecule has 4 nitrogen and oxygen atoms in total. The molecular weight excluding hydrogens is 184 g/mol. The molecule has 1 aromatic heterocycles. The molecule has 2 N–H and O–H groups in total. The van der Waals surface area contributed by atoms with Gasteiger partial charge >= 0.3 is 0 Å². The average Bonchev–Trinajstić information content (AvgIpc) is 2.16. The van der Waals surface area contributed by atoms with E-state index in [2.05, 4.69) is 9.97 Å². The van der Waals surface area contributed by atoms with Gasteiger partial charge in [-0.25, -0.2) is 9.97 Å². The van der Waals surface area contributed by atoms with Crippen molar-refractivity contribution in [1.29, 1.82) is 0 Å². The second-order valence-corrected chi connectivity index (χ2v) is 3.58. The van der Waals surface area contributed by atoms with E-state index in [1.165, 1.54) is 11.8 Å². The maximum atomic E-state index is 5.52. The van der Waals surface area contributed by atoms with E-state index < -0.39 is 0 Å². The molecule has 0 atom stereocenters. The van der Waals surface area contributed by atoms with Crippen LogP contribution in [-0.4, -0.2) is 30.3 Å². The Morgan fingerprint density at radius 1 is 1.46 bits per heavy atom. The van der Waals surface area contributed by atoms with Gasteiger partial charge in [-0.2, -0.15) is 0 Å². The number of nitrogens with two attached hydrogens (primary N) is 1. The molecule has 0 bridgehead atoms. The van der Waals surface area contributed by atoms with E-state index in [-0.39, 0.29) is 0 Å². The number of aromatic nitrogens is 2. The first-order valence-corrected chi connectivity index (χ1v) is 5.19. The van der Waals surface area contributed by atoms with Gasteiger partial charge in [0.15, 0.2) is 5.16 Å². The minimum atomic E-state index is 0.455. The second kappa shape index (κ2) is 4.43. The van der Waals surface area contributed by atoms with Crippen molar-refractivity contribution in [2.75, 3.05) is 25.3 Å². The van der Waals surface area contributed by atoms with Crippen LogP contribution in [-0.2, 0) is 6.54 Å².